The van der Waals surface area contributed by atoms with E-state index in [4.69, 9.17) is 8.94 Å². The first-order valence-electron chi connectivity index (χ1n) is 10.0. The molecule has 1 N–H and O–H groups in total. The van der Waals surface area contributed by atoms with Crippen molar-refractivity contribution in [2.45, 2.75) is 45.6 Å². The van der Waals surface area contributed by atoms with Gasteiger partial charge in [0.05, 0.1) is 17.5 Å². The van der Waals surface area contributed by atoms with Crippen molar-refractivity contribution in [1.29, 1.82) is 0 Å². The van der Waals surface area contributed by atoms with Crippen molar-refractivity contribution in [3.05, 3.63) is 36.4 Å². The smallest absolute Gasteiger partial charge is 0.223 e. The fourth-order valence-corrected chi connectivity index (χ4v) is 3.71. The molecule has 7 nitrogen and oxygen atoms in total. The van der Waals surface area contributed by atoms with Gasteiger partial charge in [-0.15, -0.1) is 0 Å². The molecule has 0 aromatic carbocycles. The second-order valence-electron chi connectivity index (χ2n) is 7.43. The van der Waals surface area contributed by atoms with Crippen molar-refractivity contribution >= 4 is 5.95 Å². The maximum atomic E-state index is 5.57. The number of nitrogens with one attached hydrogen (secondary N) is 1. The zero-order valence-corrected chi connectivity index (χ0v) is 16.5. The largest absolute Gasteiger partial charge is 0.463 e. The maximum absolute atomic E-state index is 5.57. The first-order chi connectivity index (χ1) is 13.7. The van der Waals surface area contributed by atoms with E-state index >= 15 is 0 Å². The molecule has 0 aliphatic carbocycles. The summed E-state index contributed by atoms with van der Waals surface area (Å²) in [7, 11) is 0. The molecule has 4 heterocycles. The first-order valence-corrected chi connectivity index (χ1v) is 10.0. The van der Waals surface area contributed by atoms with Gasteiger partial charge in [-0.1, -0.05) is 11.6 Å². The van der Waals surface area contributed by atoms with Crippen molar-refractivity contribution in [2.75, 3.05) is 25.0 Å². The topological polar surface area (TPSA) is 80.2 Å². The van der Waals surface area contributed by atoms with Crippen LogP contribution < -0.4 is 5.32 Å². The molecule has 0 spiro atoms. The molecule has 28 heavy (non-hydrogen) atoms. The van der Waals surface area contributed by atoms with Crippen LogP contribution in [0.15, 0.2) is 39.6 Å². The van der Waals surface area contributed by atoms with Crippen LogP contribution in [-0.4, -0.2) is 45.7 Å². The number of rotatable bonds is 7. The van der Waals surface area contributed by atoms with Crippen LogP contribution in [0.4, 0.5) is 5.95 Å². The van der Waals surface area contributed by atoms with Crippen LogP contribution in [0, 0.1) is 6.92 Å². The van der Waals surface area contributed by atoms with Gasteiger partial charge in [0.25, 0.3) is 0 Å². The molecular formula is C21H27N5O2. The highest BCUT2D eigenvalue weighted by atomic mass is 16.5. The van der Waals surface area contributed by atoms with Gasteiger partial charge in [-0.05, 0) is 51.8 Å². The molecule has 1 aliphatic rings. The van der Waals surface area contributed by atoms with E-state index in [0.29, 0.717) is 29.2 Å². The van der Waals surface area contributed by atoms with E-state index in [1.54, 1.807) is 12.5 Å². The predicted molar refractivity (Wildman–Crippen MR) is 108 cm³/mol. The van der Waals surface area contributed by atoms with Crippen LogP contribution in [0.2, 0.25) is 0 Å². The van der Waals surface area contributed by atoms with Gasteiger partial charge in [0.2, 0.25) is 5.95 Å². The molecule has 0 amide bonds. The third kappa shape index (κ3) is 4.25. The quantitative estimate of drug-likeness (QED) is 0.608. The summed E-state index contributed by atoms with van der Waals surface area (Å²) < 4.78 is 11.0. The van der Waals surface area contributed by atoms with Crippen molar-refractivity contribution < 1.29 is 8.94 Å². The highest BCUT2D eigenvalue weighted by Crippen LogP contribution is 2.31. The van der Waals surface area contributed by atoms with Crippen LogP contribution in [0.3, 0.4) is 0 Å². The average Bonchev–Trinajstić information content (AvgIpc) is 3.38. The van der Waals surface area contributed by atoms with Crippen LogP contribution in [0.1, 0.15) is 38.3 Å². The lowest BCUT2D eigenvalue weighted by Gasteiger charge is -2.33. The molecule has 4 rings (SSSR count). The number of aryl methyl sites for hydroxylation is 1. The summed E-state index contributed by atoms with van der Waals surface area (Å²) in [5.74, 6) is 1.91. The summed E-state index contributed by atoms with van der Waals surface area (Å²) in [5, 5.41) is 7.32. The Morgan fingerprint density at radius 2 is 2.21 bits per heavy atom. The molecule has 1 saturated heterocycles. The molecule has 0 unspecified atom stereocenters. The lowest BCUT2D eigenvalue weighted by molar-refractivity contribution is 0.160. The molecule has 0 bridgehead atoms. The monoisotopic (exact) mass is 381 g/mol. The highest BCUT2D eigenvalue weighted by molar-refractivity contribution is 5.75. The van der Waals surface area contributed by atoms with Gasteiger partial charge in [0, 0.05) is 31.4 Å². The Hall–Kier alpha value is -2.67. The molecular weight excluding hydrogens is 354 g/mol. The van der Waals surface area contributed by atoms with Crippen LogP contribution in [0.5, 0.6) is 0 Å². The van der Waals surface area contributed by atoms with Crippen LogP contribution in [0.25, 0.3) is 22.8 Å². The van der Waals surface area contributed by atoms with E-state index in [9.17, 15) is 0 Å². The number of furan rings is 1. The summed E-state index contributed by atoms with van der Waals surface area (Å²) in [6, 6.07) is 6.30. The summed E-state index contributed by atoms with van der Waals surface area (Å²) in [5.41, 5.74) is 2.28. The number of hydrogen-bond donors (Lipinski definition) is 1. The van der Waals surface area contributed by atoms with Crippen molar-refractivity contribution in [2.24, 2.45) is 0 Å². The second-order valence-corrected chi connectivity index (χ2v) is 7.43. The van der Waals surface area contributed by atoms with Crippen molar-refractivity contribution in [3.63, 3.8) is 0 Å². The van der Waals surface area contributed by atoms with Gasteiger partial charge in [0.1, 0.15) is 5.69 Å². The minimum Gasteiger partial charge on any atom is -0.463 e. The first kappa shape index (κ1) is 18.7. The summed E-state index contributed by atoms with van der Waals surface area (Å²) in [6.45, 7) is 7.37. The van der Waals surface area contributed by atoms with Gasteiger partial charge >= 0.3 is 0 Å². The Kier molecular flexibility index (Phi) is 5.71. The third-order valence-corrected chi connectivity index (χ3v) is 5.28. The number of piperidine rings is 1. The van der Waals surface area contributed by atoms with E-state index < -0.39 is 0 Å². The molecule has 7 heteroatoms. The average molecular weight is 381 g/mol. The molecule has 0 radical (unpaired) electrons. The normalized spacial score (nSPS) is 17.7. The Labute approximate surface area is 165 Å². The minimum absolute atomic E-state index is 0.595. The van der Waals surface area contributed by atoms with Crippen LogP contribution >= 0.6 is 0 Å². The standard InChI is InChI=1S/C21H27N5O2/c1-15-13-19(28-25-15)17-14-23-21(24-20(17)18-8-5-12-27-18)22-9-6-11-26-10-4-3-7-16(26)2/h5,8,12-14,16H,3-4,6-7,9-11H2,1-2H3,(H,22,23,24)/t16-/m0/s1. The SMILES string of the molecule is Cc1cc(-c2cnc(NCCCN3CCCC[C@@H]3C)nc2-c2ccco2)on1. The van der Waals surface area contributed by atoms with Crippen LogP contribution in [-0.2, 0) is 0 Å². The number of aromatic nitrogens is 3. The summed E-state index contributed by atoms with van der Waals surface area (Å²) in [6.07, 6.45) is 8.45. The Morgan fingerprint density at radius 3 is 2.96 bits per heavy atom. The number of hydrogen-bond acceptors (Lipinski definition) is 7. The number of anilines is 1. The molecule has 148 valence electrons. The molecule has 3 aromatic heterocycles. The molecule has 3 aromatic rings. The Balaban J connectivity index is 1.44. The summed E-state index contributed by atoms with van der Waals surface area (Å²) >= 11 is 0. The van der Waals surface area contributed by atoms with Gasteiger partial charge in [0.15, 0.2) is 11.5 Å². The third-order valence-electron chi connectivity index (χ3n) is 5.28. The Morgan fingerprint density at radius 1 is 1.29 bits per heavy atom. The molecule has 1 atom stereocenters. The van der Waals surface area contributed by atoms with E-state index in [-0.39, 0.29) is 0 Å². The number of nitrogens with zero attached hydrogens (tertiary/aromatic N) is 4. The van der Waals surface area contributed by atoms with Gasteiger partial charge < -0.3 is 19.2 Å². The van der Waals surface area contributed by atoms with E-state index in [1.165, 1.54) is 25.8 Å². The number of likely N-dealkylation sites (tertiary alicyclic amines) is 1. The lowest BCUT2D eigenvalue weighted by atomic mass is 10.0. The second kappa shape index (κ2) is 8.56. The van der Waals surface area contributed by atoms with Gasteiger partial charge in [-0.3, -0.25) is 0 Å². The van der Waals surface area contributed by atoms with Crippen molar-refractivity contribution in [3.8, 4) is 22.8 Å². The van der Waals surface area contributed by atoms with Gasteiger partial charge in [-0.2, -0.15) is 0 Å². The fourth-order valence-electron chi connectivity index (χ4n) is 3.71. The maximum Gasteiger partial charge on any atom is 0.223 e. The zero-order chi connectivity index (χ0) is 19.3. The molecule has 1 fully saturated rings. The predicted octanol–water partition coefficient (Wildman–Crippen LogP) is 4.38. The Bertz CT molecular complexity index is 890. The van der Waals surface area contributed by atoms with E-state index in [0.717, 1.165) is 30.8 Å². The minimum atomic E-state index is 0.595. The highest BCUT2D eigenvalue weighted by Gasteiger charge is 2.18. The fraction of sp³-hybridized carbons (Fsp3) is 0.476. The molecule has 1 aliphatic heterocycles. The van der Waals surface area contributed by atoms with E-state index in [1.807, 2.05) is 25.1 Å². The van der Waals surface area contributed by atoms with E-state index in [2.05, 4.69) is 32.3 Å². The lowest BCUT2D eigenvalue weighted by Crippen LogP contribution is -2.38. The zero-order valence-electron chi connectivity index (χ0n) is 16.5. The van der Waals surface area contributed by atoms with Crippen molar-refractivity contribution in [1.82, 2.24) is 20.0 Å². The molecule has 0 saturated carbocycles. The summed E-state index contributed by atoms with van der Waals surface area (Å²) in [4.78, 5) is 11.7. The van der Waals surface area contributed by atoms with Gasteiger partial charge in [-0.25, -0.2) is 9.97 Å².